The van der Waals surface area contributed by atoms with E-state index in [2.05, 4.69) is 29.8 Å². The molecular weight excluding hydrogens is 252 g/mol. The van der Waals surface area contributed by atoms with Gasteiger partial charge in [-0.1, -0.05) is 0 Å². The Bertz CT molecular complexity index is 540. The van der Waals surface area contributed by atoms with Crippen LogP contribution in [-0.2, 0) is 0 Å². The Kier molecular flexibility index (Phi) is 3.02. The van der Waals surface area contributed by atoms with E-state index in [1.807, 2.05) is 0 Å². The van der Waals surface area contributed by atoms with Gasteiger partial charge in [-0.25, -0.2) is 4.98 Å². The molecule has 6 nitrogen and oxygen atoms in total. The largest absolute Gasteiger partial charge is 0.341 e. The summed E-state index contributed by atoms with van der Waals surface area (Å²) in [6.07, 6.45) is 7.13. The van der Waals surface area contributed by atoms with Crippen molar-refractivity contribution in [3.63, 3.8) is 0 Å². The van der Waals surface area contributed by atoms with Gasteiger partial charge in [0.25, 0.3) is 0 Å². The number of anilines is 1. The standard InChI is InChI=1S/C11H11ClN6/c12-10-15-9(8-7-13-3-4-14-8)16-11(17-10)18-5-1-2-6-18/h3-4,7H,1-2,5-6H2. The van der Waals surface area contributed by atoms with E-state index in [-0.39, 0.29) is 5.28 Å². The van der Waals surface area contributed by atoms with Crippen LogP contribution in [0, 0.1) is 0 Å². The second kappa shape index (κ2) is 4.81. The minimum atomic E-state index is 0.188. The SMILES string of the molecule is Clc1nc(-c2cnccn2)nc(N2CCCC2)n1. The molecule has 1 fully saturated rings. The minimum absolute atomic E-state index is 0.188. The van der Waals surface area contributed by atoms with Crippen molar-refractivity contribution >= 4 is 17.5 Å². The first-order chi connectivity index (χ1) is 8.83. The van der Waals surface area contributed by atoms with Crippen molar-refractivity contribution in [3.8, 4) is 11.5 Å². The number of halogens is 1. The lowest BCUT2D eigenvalue weighted by molar-refractivity contribution is 0.880. The second-order valence-corrected chi connectivity index (χ2v) is 4.35. The van der Waals surface area contributed by atoms with Crippen LogP contribution in [0.15, 0.2) is 18.6 Å². The maximum absolute atomic E-state index is 5.94. The monoisotopic (exact) mass is 262 g/mol. The number of hydrogen-bond donors (Lipinski definition) is 0. The molecule has 3 rings (SSSR count). The van der Waals surface area contributed by atoms with Gasteiger partial charge in [0.05, 0.1) is 6.20 Å². The summed E-state index contributed by atoms with van der Waals surface area (Å²) in [6, 6.07) is 0. The van der Waals surface area contributed by atoms with Crippen molar-refractivity contribution in [1.82, 2.24) is 24.9 Å². The summed E-state index contributed by atoms with van der Waals surface area (Å²) in [5, 5.41) is 0.188. The summed E-state index contributed by atoms with van der Waals surface area (Å²) in [4.78, 5) is 22.9. The molecule has 0 saturated carbocycles. The molecule has 1 saturated heterocycles. The highest BCUT2D eigenvalue weighted by Crippen LogP contribution is 2.20. The van der Waals surface area contributed by atoms with E-state index in [1.54, 1.807) is 18.6 Å². The molecule has 0 atom stereocenters. The van der Waals surface area contributed by atoms with Crippen LogP contribution in [0.2, 0.25) is 5.28 Å². The lowest BCUT2D eigenvalue weighted by Gasteiger charge is -2.15. The van der Waals surface area contributed by atoms with Crippen LogP contribution in [0.25, 0.3) is 11.5 Å². The topological polar surface area (TPSA) is 67.7 Å². The van der Waals surface area contributed by atoms with Gasteiger partial charge in [0.15, 0.2) is 5.82 Å². The third-order valence-corrected chi connectivity index (χ3v) is 2.95. The van der Waals surface area contributed by atoms with Crippen molar-refractivity contribution in [1.29, 1.82) is 0 Å². The zero-order valence-electron chi connectivity index (χ0n) is 9.62. The predicted octanol–water partition coefficient (Wildman–Crippen LogP) is 1.58. The van der Waals surface area contributed by atoms with Crippen molar-refractivity contribution in [2.75, 3.05) is 18.0 Å². The first-order valence-corrected chi connectivity index (χ1v) is 6.13. The first-order valence-electron chi connectivity index (χ1n) is 5.76. The maximum atomic E-state index is 5.94. The molecule has 0 unspecified atom stereocenters. The zero-order valence-corrected chi connectivity index (χ0v) is 10.4. The summed E-state index contributed by atoms with van der Waals surface area (Å²) in [5.74, 6) is 1.08. The number of rotatable bonds is 2. The van der Waals surface area contributed by atoms with E-state index in [9.17, 15) is 0 Å². The Morgan fingerprint density at radius 3 is 2.61 bits per heavy atom. The summed E-state index contributed by atoms with van der Waals surface area (Å²) < 4.78 is 0. The fraction of sp³-hybridized carbons (Fsp3) is 0.364. The molecule has 2 aromatic heterocycles. The summed E-state index contributed by atoms with van der Waals surface area (Å²) in [5.41, 5.74) is 0.599. The molecule has 0 aliphatic carbocycles. The van der Waals surface area contributed by atoms with E-state index in [0.717, 1.165) is 25.9 Å². The van der Waals surface area contributed by atoms with Crippen molar-refractivity contribution < 1.29 is 0 Å². The molecule has 0 spiro atoms. The van der Waals surface area contributed by atoms with Gasteiger partial charge < -0.3 is 4.90 Å². The molecule has 0 bridgehead atoms. The second-order valence-electron chi connectivity index (χ2n) is 4.01. The van der Waals surface area contributed by atoms with E-state index in [0.29, 0.717) is 17.5 Å². The zero-order chi connectivity index (χ0) is 12.4. The van der Waals surface area contributed by atoms with Crippen molar-refractivity contribution in [3.05, 3.63) is 23.9 Å². The fourth-order valence-corrected chi connectivity index (χ4v) is 2.08. The van der Waals surface area contributed by atoms with Gasteiger partial charge in [-0.15, -0.1) is 0 Å². The van der Waals surface area contributed by atoms with E-state index in [4.69, 9.17) is 11.6 Å². The Morgan fingerprint density at radius 2 is 1.89 bits per heavy atom. The van der Waals surface area contributed by atoms with Crippen LogP contribution in [0.5, 0.6) is 0 Å². The van der Waals surface area contributed by atoms with Crippen LogP contribution in [0.1, 0.15) is 12.8 Å². The number of hydrogen-bond acceptors (Lipinski definition) is 6. The van der Waals surface area contributed by atoms with Crippen LogP contribution in [-0.4, -0.2) is 38.0 Å². The van der Waals surface area contributed by atoms with Gasteiger partial charge in [0.1, 0.15) is 5.69 Å². The third kappa shape index (κ3) is 2.24. The van der Waals surface area contributed by atoms with Gasteiger partial charge in [0.2, 0.25) is 11.2 Å². The van der Waals surface area contributed by atoms with Gasteiger partial charge in [-0.05, 0) is 24.4 Å². The summed E-state index contributed by atoms with van der Waals surface area (Å²) in [6.45, 7) is 1.92. The Morgan fingerprint density at radius 1 is 1.06 bits per heavy atom. The molecule has 1 aliphatic heterocycles. The van der Waals surface area contributed by atoms with Crippen LogP contribution in [0.3, 0.4) is 0 Å². The highest BCUT2D eigenvalue weighted by Gasteiger charge is 2.17. The maximum Gasteiger partial charge on any atom is 0.230 e. The lowest BCUT2D eigenvalue weighted by atomic mass is 10.4. The highest BCUT2D eigenvalue weighted by atomic mass is 35.5. The molecule has 0 amide bonds. The summed E-state index contributed by atoms with van der Waals surface area (Å²) in [7, 11) is 0. The Hall–Kier alpha value is -1.82. The quantitative estimate of drug-likeness (QED) is 0.819. The van der Waals surface area contributed by atoms with Crippen molar-refractivity contribution in [2.45, 2.75) is 12.8 Å². The molecule has 7 heteroatoms. The van der Waals surface area contributed by atoms with Crippen LogP contribution in [0.4, 0.5) is 5.95 Å². The molecule has 18 heavy (non-hydrogen) atoms. The van der Waals surface area contributed by atoms with E-state index >= 15 is 0 Å². The van der Waals surface area contributed by atoms with E-state index < -0.39 is 0 Å². The average Bonchev–Trinajstić information content (AvgIpc) is 2.93. The van der Waals surface area contributed by atoms with Crippen molar-refractivity contribution in [2.24, 2.45) is 0 Å². The normalized spacial score (nSPS) is 15.1. The van der Waals surface area contributed by atoms with Gasteiger partial charge in [-0.3, -0.25) is 4.98 Å². The molecule has 0 N–H and O–H groups in total. The van der Waals surface area contributed by atoms with Crippen LogP contribution >= 0.6 is 11.6 Å². The minimum Gasteiger partial charge on any atom is -0.341 e. The summed E-state index contributed by atoms with van der Waals surface area (Å²) >= 11 is 5.94. The first kappa shape index (κ1) is 11.3. The van der Waals surface area contributed by atoms with Crippen LogP contribution < -0.4 is 4.90 Å². The Balaban J connectivity index is 2.00. The lowest BCUT2D eigenvalue weighted by Crippen LogP contribution is -2.21. The van der Waals surface area contributed by atoms with Gasteiger partial charge in [-0.2, -0.15) is 15.0 Å². The molecule has 0 radical (unpaired) electrons. The fourth-order valence-electron chi connectivity index (χ4n) is 1.93. The number of aromatic nitrogens is 5. The van der Waals surface area contributed by atoms with Gasteiger partial charge >= 0.3 is 0 Å². The average molecular weight is 263 g/mol. The molecule has 1 aliphatic rings. The molecule has 92 valence electrons. The predicted molar refractivity (Wildman–Crippen MR) is 67.3 cm³/mol. The third-order valence-electron chi connectivity index (χ3n) is 2.78. The highest BCUT2D eigenvalue weighted by molar-refractivity contribution is 6.28. The molecule has 3 heterocycles. The van der Waals surface area contributed by atoms with E-state index in [1.165, 1.54) is 0 Å². The molecule has 0 aromatic carbocycles. The molecule has 2 aromatic rings. The van der Waals surface area contributed by atoms with Gasteiger partial charge in [0, 0.05) is 25.5 Å². The molecular formula is C11H11ClN6. The number of nitrogens with zero attached hydrogens (tertiary/aromatic N) is 6. The Labute approximate surface area is 109 Å². The smallest absolute Gasteiger partial charge is 0.230 e.